The zero-order valence-electron chi connectivity index (χ0n) is 9.75. The van der Waals surface area contributed by atoms with Crippen molar-refractivity contribution in [3.63, 3.8) is 0 Å². The number of nitro groups is 1. The van der Waals surface area contributed by atoms with E-state index in [4.69, 9.17) is 10.5 Å². The van der Waals surface area contributed by atoms with Crippen molar-refractivity contribution in [2.75, 3.05) is 6.67 Å². The minimum atomic E-state index is -0.818. The highest BCUT2D eigenvalue weighted by molar-refractivity contribution is 5.72. The van der Waals surface area contributed by atoms with Gasteiger partial charge in [-0.05, 0) is 6.07 Å². The largest absolute Gasteiger partial charge is 0.459 e. The lowest BCUT2D eigenvalue weighted by Crippen LogP contribution is -2.32. The molecule has 1 heterocycles. The molecule has 6 nitrogen and oxygen atoms in total. The summed E-state index contributed by atoms with van der Waals surface area (Å²) in [6, 6.07) is 2.09. The van der Waals surface area contributed by atoms with Crippen LogP contribution in [-0.4, -0.2) is 23.7 Å². The van der Waals surface area contributed by atoms with Gasteiger partial charge in [0, 0.05) is 24.1 Å². The lowest BCUT2D eigenvalue weighted by atomic mass is 9.99. The first-order chi connectivity index (χ1) is 9.01. The minimum absolute atomic E-state index is 0.0129. The number of rotatable bonds is 3. The molecule has 0 aliphatic carbocycles. The van der Waals surface area contributed by atoms with Crippen LogP contribution < -0.4 is 5.73 Å². The average Bonchev–Trinajstić information content (AvgIpc) is 2.38. The Morgan fingerprint density at radius 2 is 2.32 bits per heavy atom. The number of hydrogen-bond donors (Lipinski definition) is 1. The first-order valence-electron chi connectivity index (χ1n) is 5.51. The molecule has 0 spiro atoms. The Morgan fingerprint density at radius 3 is 2.95 bits per heavy atom. The number of nitrogens with zero attached hydrogens (tertiary/aromatic N) is 2. The quantitative estimate of drug-likeness (QED) is 0.670. The highest BCUT2D eigenvalue weighted by Gasteiger charge is 2.28. The third-order valence-corrected chi connectivity index (χ3v) is 2.78. The van der Waals surface area contributed by atoms with E-state index in [9.17, 15) is 18.9 Å². The number of amidine groups is 1. The highest BCUT2D eigenvalue weighted by atomic mass is 19.1. The smallest absolute Gasteiger partial charge is 0.282 e. The van der Waals surface area contributed by atoms with Gasteiger partial charge >= 0.3 is 0 Å². The van der Waals surface area contributed by atoms with Crippen LogP contribution in [0.2, 0.25) is 0 Å². The van der Waals surface area contributed by atoms with Crippen LogP contribution in [0, 0.1) is 15.9 Å². The second-order valence-corrected chi connectivity index (χ2v) is 4.08. The molecule has 0 saturated carbocycles. The maximum Gasteiger partial charge on any atom is 0.282 e. The normalized spacial score (nSPS) is 22.5. The molecule has 0 aromatic heterocycles. The van der Waals surface area contributed by atoms with Crippen molar-refractivity contribution in [3.8, 4) is 0 Å². The Kier molecular flexibility index (Phi) is 3.59. The predicted molar refractivity (Wildman–Crippen MR) is 62.9 cm³/mol. The maximum atomic E-state index is 13.7. The van der Waals surface area contributed by atoms with Gasteiger partial charge in [0.05, 0.1) is 11.0 Å². The van der Waals surface area contributed by atoms with E-state index in [1.165, 1.54) is 0 Å². The lowest BCUT2D eigenvalue weighted by Gasteiger charge is -2.25. The Hall–Kier alpha value is -2.25. The monoisotopic (exact) mass is 271 g/mol. The van der Waals surface area contributed by atoms with E-state index >= 15 is 0 Å². The fraction of sp³-hybridized carbons (Fsp3) is 0.364. The van der Waals surface area contributed by atoms with E-state index in [-0.39, 0.29) is 23.7 Å². The fourth-order valence-corrected chi connectivity index (χ4v) is 1.90. The number of halogens is 2. The van der Waals surface area contributed by atoms with Gasteiger partial charge in [0.1, 0.15) is 18.6 Å². The van der Waals surface area contributed by atoms with E-state index in [0.717, 1.165) is 18.2 Å². The van der Waals surface area contributed by atoms with E-state index in [1.54, 1.807) is 0 Å². The fourth-order valence-electron chi connectivity index (χ4n) is 1.90. The zero-order chi connectivity index (χ0) is 14.0. The molecular formula is C11H11F2N3O3. The number of ether oxygens (including phenoxy) is 1. The molecule has 1 aliphatic rings. The van der Waals surface area contributed by atoms with E-state index in [2.05, 4.69) is 4.99 Å². The SMILES string of the molecule is NC1=NC(c2cc([N+](=O)[O-])ccc2F)C[C@H](CF)O1. The molecule has 0 saturated heterocycles. The first kappa shape index (κ1) is 13.2. The number of aliphatic imine (C=N–C) groups is 1. The van der Waals surface area contributed by atoms with Gasteiger partial charge in [-0.1, -0.05) is 0 Å². The number of benzene rings is 1. The van der Waals surface area contributed by atoms with Crippen molar-refractivity contribution in [3.05, 3.63) is 39.7 Å². The van der Waals surface area contributed by atoms with Gasteiger partial charge in [-0.2, -0.15) is 0 Å². The molecule has 102 valence electrons. The van der Waals surface area contributed by atoms with Crippen LogP contribution in [-0.2, 0) is 4.74 Å². The molecule has 1 aromatic rings. The summed E-state index contributed by atoms with van der Waals surface area (Å²) in [6.07, 6.45) is -0.740. The van der Waals surface area contributed by atoms with Crippen LogP contribution in [0.1, 0.15) is 18.0 Å². The Labute approximate surface area is 107 Å². The second kappa shape index (κ2) is 5.17. The summed E-state index contributed by atoms with van der Waals surface area (Å²) >= 11 is 0. The van der Waals surface area contributed by atoms with Gasteiger partial charge in [0.15, 0.2) is 0 Å². The van der Waals surface area contributed by atoms with Crippen LogP contribution in [0.25, 0.3) is 0 Å². The van der Waals surface area contributed by atoms with Crippen molar-refractivity contribution < 1.29 is 18.4 Å². The van der Waals surface area contributed by atoms with Gasteiger partial charge in [0.2, 0.25) is 0 Å². The summed E-state index contributed by atoms with van der Waals surface area (Å²) in [5.74, 6) is -0.647. The molecule has 2 N–H and O–H groups in total. The van der Waals surface area contributed by atoms with Crippen molar-refractivity contribution >= 4 is 11.7 Å². The van der Waals surface area contributed by atoms with Crippen LogP contribution in [0.15, 0.2) is 23.2 Å². The minimum Gasteiger partial charge on any atom is -0.459 e. The van der Waals surface area contributed by atoms with E-state index in [0.29, 0.717) is 0 Å². The van der Waals surface area contributed by atoms with Crippen molar-refractivity contribution in [1.82, 2.24) is 0 Å². The molecule has 0 fully saturated rings. The summed E-state index contributed by atoms with van der Waals surface area (Å²) in [6.45, 7) is -0.788. The van der Waals surface area contributed by atoms with Gasteiger partial charge in [-0.3, -0.25) is 10.1 Å². The molecule has 1 aromatic carbocycles. The first-order valence-corrected chi connectivity index (χ1v) is 5.51. The van der Waals surface area contributed by atoms with Gasteiger partial charge in [0.25, 0.3) is 11.7 Å². The Morgan fingerprint density at radius 1 is 1.58 bits per heavy atom. The average molecular weight is 271 g/mol. The molecular weight excluding hydrogens is 260 g/mol. The molecule has 0 bridgehead atoms. The van der Waals surface area contributed by atoms with Crippen molar-refractivity contribution in [1.29, 1.82) is 0 Å². The number of nitrogens with two attached hydrogens (primary N) is 1. The lowest BCUT2D eigenvalue weighted by molar-refractivity contribution is -0.385. The van der Waals surface area contributed by atoms with E-state index in [1.807, 2.05) is 0 Å². The van der Waals surface area contributed by atoms with Gasteiger partial charge in [-0.25, -0.2) is 13.8 Å². The predicted octanol–water partition coefficient (Wildman–Crippen LogP) is 1.85. The topological polar surface area (TPSA) is 90.8 Å². The standard InChI is InChI=1S/C11H11F2N3O3/c12-5-7-4-10(15-11(14)19-7)8-3-6(16(17)18)1-2-9(8)13/h1-3,7,10H,4-5H2,(H2,14,15)/t7-,10?/m1/s1. The molecule has 2 atom stereocenters. The highest BCUT2D eigenvalue weighted by Crippen LogP contribution is 2.31. The number of nitro benzene ring substituents is 1. The Bertz CT molecular complexity index is 536. The van der Waals surface area contributed by atoms with Crippen molar-refractivity contribution in [2.45, 2.75) is 18.6 Å². The van der Waals surface area contributed by atoms with Crippen LogP contribution in [0.5, 0.6) is 0 Å². The second-order valence-electron chi connectivity index (χ2n) is 4.08. The molecule has 1 aliphatic heterocycles. The summed E-state index contributed by atoms with van der Waals surface area (Å²) in [7, 11) is 0. The summed E-state index contributed by atoms with van der Waals surface area (Å²) in [5, 5.41) is 10.7. The number of alkyl halides is 1. The summed E-state index contributed by atoms with van der Waals surface area (Å²) in [5.41, 5.74) is 5.14. The molecule has 0 amide bonds. The summed E-state index contributed by atoms with van der Waals surface area (Å²) < 4.78 is 31.2. The van der Waals surface area contributed by atoms with Crippen LogP contribution >= 0.6 is 0 Å². The maximum absolute atomic E-state index is 13.7. The van der Waals surface area contributed by atoms with Crippen LogP contribution in [0.3, 0.4) is 0 Å². The van der Waals surface area contributed by atoms with Crippen LogP contribution in [0.4, 0.5) is 14.5 Å². The number of hydrogen-bond acceptors (Lipinski definition) is 5. The van der Waals surface area contributed by atoms with Crippen molar-refractivity contribution in [2.24, 2.45) is 10.7 Å². The third kappa shape index (κ3) is 2.78. The number of non-ortho nitro benzene ring substituents is 1. The van der Waals surface area contributed by atoms with Gasteiger partial charge < -0.3 is 10.5 Å². The molecule has 19 heavy (non-hydrogen) atoms. The van der Waals surface area contributed by atoms with E-state index < -0.39 is 29.6 Å². The molecule has 0 radical (unpaired) electrons. The third-order valence-electron chi connectivity index (χ3n) is 2.78. The molecule has 8 heteroatoms. The molecule has 1 unspecified atom stereocenters. The summed E-state index contributed by atoms with van der Waals surface area (Å²) in [4.78, 5) is 13.9. The zero-order valence-corrected chi connectivity index (χ0v) is 9.75. The molecule has 2 rings (SSSR count). The Balaban J connectivity index is 2.37. The van der Waals surface area contributed by atoms with Gasteiger partial charge in [-0.15, -0.1) is 0 Å².